The Hall–Kier alpha value is -1.55. The summed E-state index contributed by atoms with van der Waals surface area (Å²) in [6, 6.07) is 7.60. The fourth-order valence-electron chi connectivity index (χ4n) is 1.43. The molecule has 0 spiro atoms. The number of unbranched alkanes of at least 4 members (excludes halogenated alkanes) is 1. The van der Waals surface area contributed by atoms with E-state index in [1.54, 1.807) is 6.07 Å². The van der Waals surface area contributed by atoms with Gasteiger partial charge < -0.3 is 14.6 Å². The molecule has 0 radical (unpaired) electrons. The summed E-state index contributed by atoms with van der Waals surface area (Å²) >= 11 is 0. The predicted molar refractivity (Wildman–Crippen MR) is 64.0 cm³/mol. The van der Waals surface area contributed by atoms with Gasteiger partial charge in [0.25, 0.3) is 0 Å². The molecule has 0 saturated carbocycles. The van der Waals surface area contributed by atoms with Crippen LogP contribution in [0, 0.1) is 0 Å². The summed E-state index contributed by atoms with van der Waals surface area (Å²) < 4.78 is 9.77. The number of aliphatic hydroxyl groups excluding tert-OH is 1. The highest BCUT2D eigenvalue weighted by Crippen LogP contribution is 2.15. The summed E-state index contributed by atoms with van der Waals surface area (Å²) in [6.07, 6.45) is 2.64. The topological polar surface area (TPSA) is 55.8 Å². The Bertz CT molecular complexity index is 349. The summed E-state index contributed by atoms with van der Waals surface area (Å²) in [7, 11) is 1.33. The zero-order valence-electron chi connectivity index (χ0n) is 10.0. The van der Waals surface area contributed by atoms with Gasteiger partial charge >= 0.3 is 5.97 Å². The fraction of sp³-hybridized carbons (Fsp3) is 0.462. The molecule has 0 aliphatic heterocycles. The van der Waals surface area contributed by atoms with Crippen LogP contribution >= 0.6 is 0 Å². The molecule has 0 amide bonds. The molecular formula is C13H18O4. The molecule has 0 fully saturated rings. The van der Waals surface area contributed by atoms with E-state index < -0.39 is 5.97 Å². The molecule has 0 bridgehead atoms. The number of rotatable bonds is 7. The highest BCUT2D eigenvalue weighted by atomic mass is 16.6. The molecule has 0 saturated heterocycles. The molecule has 1 N–H and O–H groups in total. The Morgan fingerprint density at radius 1 is 1.35 bits per heavy atom. The Morgan fingerprint density at radius 3 is 2.88 bits per heavy atom. The van der Waals surface area contributed by atoms with E-state index in [1.165, 1.54) is 7.11 Å². The minimum atomic E-state index is -0.393. The summed E-state index contributed by atoms with van der Waals surface area (Å²) in [6.45, 7) is 0.148. The highest BCUT2D eigenvalue weighted by molar-refractivity contribution is 5.70. The van der Waals surface area contributed by atoms with Crippen LogP contribution in [0.25, 0.3) is 0 Å². The number of hydrogen-bond donors (Lipinski definition) is 1. The van der Waals surface area contributed by atoms with E-state index in [0.717, 1.165) is 24.8 Å². The summed E-state index contributed by atoms with van der Waals surface area (Å²) in [4.78, 5) is 10.9. The van der Waals surface area contributed by atoms with Gasteiger partial charge in [-0.25, -0.2) is 4.79 Å². The zero-order valence-corrected chi connectivity index (χ0v) is 10.0. The molecule has 1 aromatic rings. The molecule has 0 aliphatic rings. The van der Waals surface area contributed by atoms with Gasteiger partial charge in [-0.1, -0.05) is 12.1 Å². The van der Waals surface area contributed by atoms with Gasteiger partial charge in [0, 0.05) is 6.61 Å². The van der Waals surface area contributed by atoms with E-state index in [0.29, 0.717) is 5.75 Å². The fourth-order valence-corrected chi connectivity index (χ4v) is 1.43. The first-order chi connectivity index (χ1) is 8.26. The summed E-state index contributed by atoms with van der Waals surface area (Å²) in [5.74, 6) is 0.271. The monoisotopic (exact) mass is 238 g/mol. The van der Waals surface area contributed by atoms with Crippen molar-refractivity contribution < 1.29 is 19.4 Å². The SMILES string of the molecule is COC(=O)COc1cccc(CCCCO)c1. The van der Waals surface area contributed by atoms with Gasteiger partial charge in [0.05, 0.1) is 7.11 Å². The van der Waals surface area contributed by atoms with E-state index in [1.807, 2.05) is 18.2 Å². The van der Waals surface area contributed by atoms with E-state index >= 15 is 0 Å². The number of aliphatic hydroxyl groups is 1. The van der Waals surface area contributed by atoms with Crippen LogP contribution in [-0.4, -0.2) is 31.4 Å². The third-order valence-electron chi connectivity index (χ3n) is 2.36. The standard InChI is InChI=1S/C13H18O4/c1-16-13(15)10-17-12-7-4-6-11(9-12)5-2-3-8-14/h4,6-7,9,14H,2-3,5,8,10H2,1H3. The van der Waals surface area contributed by atoms with Crippen molar-refractivity contribution in [2.75, 3.05) is 20.3 Å². The Morgan fingerprint density at radius 2 is 2.18 bits per heavy atom. The first-order valence-electron chi connectivity index (χ1n) is 5.65. The van der Waals surface area contributed by atoms with Crippen LogP contribution in [0.1, 0.15) is 18.4 Å². The van der Waals surface area contributed by atoms with Crippen molar-refractivity contribution in [2.45, 2.75) is 19.3 Å². The van der Waals surface area contributed by atoms with Gasteiger partial charge in [0.2, 0.25) is 0 Å². The van der Waals surface area contributed by atoms with Crippen LogP contribution in [0.3, 0.4) is 0 Å². The first-order valence-corrected chi connectivity index (χ1v) is 5.65. The molecular weight excluding hydrogens is 220 g/mol. The maximum Gasteiger partial charge on any atom is 0.343 e. The second-order valence-corrected chi connectivity index (χ2v) is 3.69. The number of benzene rings is 1. The second-order valence-electron chi connectivity index (χ2n) is 3.69. The average Bonchev–Trinajstić information content (AvgIpc) is 2.37. The van der Waals surface area contributed by atoms with E-state index in [9.17, 15) is 4.79 Å². The maximum absolute atomic E-state index is 10.9. The zero-order chi connectivity index (χ0) is 12.5. The number of hydrogen-bond acceptors (Lipinski definition) is 4. The van der Waals surface area contributed by atoms with Gasteiger partial charge in [-0.3, -0.25) is 0 Å². The largest absolute Gasteiger partial charge is 0.482 e. The smallest absolute Gasteiger partial charge is 0.343 e. The first kappa shape index (κ1) is 13.5. The highest BCUT2D eigenvalue weighted by Gasteiger charge is 2.02. The molecule has 0 aliphatic carbocycles. The summed E-state index contributed by atoms with van der Waals surface area (Å²) in [5.41, 5.74) is 1.14. The minimum Gasteiger partial charge on any atom is -0.482 e. The van der Waals surface area contributed by atoms with Crippen molar-refractivity contribution in [3.63, 3.8) is 0 Å². The second kappa shape index (κ2) is 7.68. The molecule has 1 rings (SSSR count). The van der Waals surface area contributed by atoms with E-state index in [2.05, 4.69) is 4.74 Å². The van der Waals surface area contributed by atoms with Gasteiger partial charge in [-0.05, 0) is 37.0 Å². The Kier molecular flexibility index (Phi) is 6.10. The molecule has 94 valence electrons. The van der Waals surface area contributed by atoms with Gasteiger partial charge in [-0.15, -0.1) is 0 Å². The van der Waals surface area contributed by atoms with Crippen molar-refractivity contribution in [2.24, 2.45) is 0 Å². The van der Waals surface area contributed by atoms with Gasteiger partial charge in [-0.2, -0.15) is 0 Å². The van der Waals surface area contributed by atoms with Crippen LogP contribution in [0.15, 0.2) is 24.3 Å². The van der Waals surface area contributed by atoms with Crippen molar-refractivity contribution in [3.05, 3.63) is 29.8 Å². The van der Waals surface area contributed by atoms with Crippen LogP contribution in [0.2, 0.25) is 0 Å². The van der Waals surface area contributed by atoms with Crippen LogP contribution < -0.4 is 4.74 Å². The van der Waals surface area contributed by atoms with Crippen LogP contribution in [-0.2, 0) is 16.0 Å². The van der Waals surface area contributed by atoms with Crippen molar-refractivity contribution in [1.29, 1.82) is 0 Å². The van der Waals surface area contributed by atoms with E-state index in [-0.39, 0.29) is 13.2 Å². The Labute approximate surface area is 101 Å². The van der Waals surface area contributed by atoms with E-state index in [4.69, 9.17) is 9.84 Å². The number of esters is 1. The van der Waals surface area contributed by atoms with Crippen molar-refractivity contribution in [3.8, 4) is 5.75 Å². The summed E-state index contributed by atoms with van der Waals surface area (Å²) in [5, 5.41) is 8.70. The number of carbonyl (C=O) groups excluding carboxylic acids is 1. The number of aryl methyl sites for hydroxylation is 1. The molecule has 0 aromatic heterocycles. The quantitative estimate of drug-likeness (QED) is 0.578. The minimum absolute atomic E-state index is 0.0728. The van der Waals surface area contributed by atoms with Crippen LogP contribution in [0.4, 0.5) is 0 Å². The molecule has 0 atom stereocenters. The Balaban J connectivity index is 2.44. The number of carbonyl (C=O) groups is 1. The van der Waals surface area contributed by atoms with Crippen molar-refractivity contribution in [1.82, 2.24) is 0 Å². The van der Waals surface area contributed by atoms with Gasteiger partial charge in [0.1, 0.15) is 5.75 Å². The predicted octanol–water partition coefficient (Wildman–Crippen LogP) is 1.55. The maximum atomic E-state index is 10.9. The van der Waals surface area contributed by atoms with Crippen LogP contribution in [0.5, 0.6) is 5.75 Å². The number of methoxy groups -OCH3 is 1. The average molecular weight is 238 g/mol. The molecule has 17 heavy (non-hydrogen) atoms. The molecule has 4 nitrogen and oxygen atoms in total. The lowest BCUT2D eigenvalue weighted by molar-refractivity contribution is -0.142. The molecule has 0 unspecified atom stereocenters. The lowest BCUT2D eigenvalue weighted by Crippen LogP contribution is -2.12. The molecule has 1 aromatic carbocycles. The lowest BCUT2D eigenvalue weighted by Gasteiger charge is -2.06. The normalized spacial score (nSPS) is 10.0. The van der Waals surface area contributed by atoms with Crippen molar-refractivity contribution >= 4 is 5.97 Å². The molecule has 4 heteroatoms. The molecule has 0 heterocycles. The van der Waals surface area contributed by atoms with Gasteiger partial charge in [0.15, 0.2) is 6.61 Å². The third-order valence-corrected chi connectivity index (χ3v) is 2.36. The number of ether oxygens (including phenoxy) is 2. The third kappa shape index (κ3) is 5.36. The lowest BCUT2D eigenvalue weighted by atomic mass is 10.1.